The van der Waals surface area contributed by atoms with Gasteiger partial charge in [-0.3, -0.25) is 9.59 Å². The smallest absolute Gasteiger partial charge is 0.257 e. The molecule has 28 heavy (non-hydrogen) atoms. The maximum Gasteiger partial charge on any atom is 0.257 e. The summed E-state index contributed by atoms with van der Waals surface area (Å²) >= 11 is 11.3. The third-order valence-corrected chi connectivity index (χ3v) is 5.26. The second-order valence-corrected chi connectivity index (χ2v) is 7.12. The van der Waals surface area contributed by atoms with Crippen molar-refractivity contribution < 1.29 is 14.3 Å². The molecule has 0 radical (unpaired) electrons. The number of imide groups is 1. The number of ether oxygens (including phenoxy) is 1. The molecule has 1 saturated heterocycles. The van der Waals surface area contributed by atoms with Crippen LogP contribution in [0.1, 0.15) is 12.0 Å². The van der Waals surface area contributed by atoms with Crippen LogP contribution in [0.25, 0.3) is 0 Å². The van der Waals surface area contributed by atoms with Crippen LogP contribution in [0.4, 0.5) is 5.69 Å². The van der Waals surface area contributed by atoms with Gasteiger partial charge in [0.05, 0.1) is 19.2 Å². The Hall–Kier alpha value is -2.64. The van der Waals surface area contributed by atoms with Crippen LogP contribution in [0.5, 0.6) is 5.75 Å². The highest BCUT2D eigenvalue weighted by Gasteiger charge is 2.43. The predicted octanol–water partition coefficient (Wildman–Crippen LogP) is 2.99. The van der Waals surface area contributed by atoms with Gasteiger partial charge in [0.2, 0.25) is 5.91 Å². The van der Waals surface area contributed by atoms with Crippen LogP contribution in [0.3, 0.4) is 0 Å². The van der Waals surface area contributed by atoms with Gasteiger partial charge in [0.1, 0.15) is 11.8 Å². The van der Waals surface area contributed by atoms with Gasteiger partial charge in [-0.15, -0.1) is 0 Å². The lowest BCUT2D eigenvalue weighted by atomic mass is 10.1. The van der Waals surface area contributed by atoms with E-state index in [2.05, 4.69) is 5.32 Å². The van der Waals surface area contributed by atoms with Crippen LogP contribution in [0.15, 0.2) is 48.5 Å². The van der Waals surface area contributed by atoms with E-state index in [0.717, 1.165) is 11.3 Å². The number of nitrogens with zero attached hydrogens (tertiary/aromatic N) is 2. The molecule has 1 heterocycles. The minimum atomic E-state index is -0.676. The summed E-state index contributed by atoms with van der Waals surface area (Å²) in [6.07, 6.45) is 0.0550. The van der Waals surface area contributed by atoms with Crippen molar-refractivity contribution in [2.75, 3.05) is 19.1 Å². The molecule has 1 N–H and O–H groups in total. The third-order valence-electron chi connectivity index (χ3n) is 4.57. The van der Waals surface area contributed by atoms with Crippen LogP contribution < -0.4 is 15.0 Å². The molecule has 0 spiro atoms. The zero-order valence-electron chi connectivity index (χ0n) is 15.5. The van der Waals surface area contributed by atoms with E-state index in [1.54, 1.807) is 43.3 Å². The number of nitrogens with one attached hydrogen (secondary N) is 1. The quantitative estimate of drug-likeness (QED) is 0.596. The van der Waals surface area contributed by atoms with Gasteiger partial charge < -0.3 is 15.0 Å². The number of amides is 2. The summed E-state index contributed by atoms with van der Waals surface area (Å²) in [6, 6.07) is 13.4. The maximum atomic E-state index is 13.1. The summed E-state index contributed by atoms with van der Waals surface area (Å²) < 4.78 is 5.18. The molecular formula is C20H20ClN3O3S. The summed E-state index contributed by atoms with van der Waals surface area (Å²) in [4.78, 5) is 28.6. The van der Waals surface area contributed by atoms with E-state index in [1.165, 1.54) is 4.90 Å². The first-order valence-corrected chi connectivity index (χ1v) is 9.47. The number of hydrogen-bond acceptors (Lipinski definition) is 4. The van der Waals surface area contributed by atoms with Gasteiger partial charge in [-0.25, -0.2) is 4.90 Å². The lowest BCUT2D eigenvalue weighted by molar-refractivity contribution is -0.122. The Morgan fingerprint density at radius 1 is 1.21 bits per heavy atom. The Morgan fingerprint density at radius 2 is 1.86 bits per heavy atom. The van der Waals surface area contributed by atoms with E-state index >= 15 is 0 Å². The molecule has 0 bridgehead atoms. The number of hydrogen-bond donors (Lipinski definition) is 1. The molecular weight excluding hydrogens is 398 g/mol. The van der Waals surface area contributed by atoms with E-state index in [1.807, 2.05) is 24.3 Å². The first kappa shape index (κ1) is 20.1. The molecule has 2 amide bonds. The van der Waals surface area contributed by atoms with Crippen molar-refractivity contribution in [1.29, 1.82) is 0 Å². The largest absolute Gasteiger partial charge is 0.497 e. The van der Waals surface area contributed by atoms with Gasteiger partial charge in [0, 0.05) is 18.6 Å². The number of carbonyl (C=O) groups excluding carboxylic acids is 2. The Bertz CT molecular complexity index is 887. The minimum absolute atomic E-state index is 0.0550. The summed E-state index contributed by atoms with van der Waals surface area (Å²) in [6.45, 7) is 0.391. The SMILES string of the molecule is CNC(=S)N(Cc1ccc(OC)cc1)[C@@H]1CC(=O)N(c2ccc(Cl)cc2)C1=O. The van der Waals surface area contributed by atoms with E-state index in [0.29, 0.717) is 22.4 Å². The lowest BCUT2D eigenvalue weighted by Gasteiger charge is -2.29. The molecule has 146 valence electrons. The molecule has 1 fully saturated rings. The minimum Gasteiger partial charge on any atom is -0.497 e. The van der Waals surface area contributed by atoms with Crippen molar-refractivity contribution in [3.8, 4) is 5.75 Å². The number of halogens is 1. The fourth-order valence-corrected chi connectivity index (χ4v) is 3.43. The van der Waals surface area contributed by atoms with Crippen molar-refractivity contribution in [2.45, 2.75) is 19.0 Å². The van der Waals surface area contributed by atoms with E-state index < -0.39 is 6.04 Å². The van der Waals surface area contributed by atoms with Crippen LogP contribution in [0, 0.1) is 0 Å². The standard InChI is InChI=1S/C20H20ClN3O3S/c1-22-20(28)23(12-13-3-9-16(27-2)10-4-13)17-11-18(25)24(19(17)26)15-7-5-14(21)6-8-15/h3-10,17H,11-12H2,1-2H3,(H,22,28)/t17-/m1/s1. The van der Waals surface area contributed by atoms with Gasteiger partial charge >= 0.3 is 0 Å². The average molecular weight is 418 g/mol. The lowest BCUT2D eigenvalue weighted by Crippen LogP contribution is -2.48. The predicted molar refractivity (Wildman–Crippen MR) is 113 cm³/mol. The van der Waals surface area contributed by atoms with E-state index in [-0.39, 0.29) is 18.2 Å². The van der Waals surface area contributed by atoms with Crippen LogP contribution in [-0.2, 0) is 16.1 Å². The van der Waals surface area contributed by atoms with Crippen molar-refractivity contribution in [3.63, 3.8) is 0 Å². The molecule has 1 aliphatic rings. The normalized spacial score (nSPS) is 16.2. The van der Waals surface area contributed by atoms with Crippen molar-refractivity contribution in [2.24, 2.45) is 0 Å². The number of rotatable bonds is 5. The highest BCUT2D eigenvalue weighted by Crippen LogP contribution is 2.28. The Labute approximate surface area is 174 Å². The molecule has 1 atom stereocenters. The fourth-order valence-electron chi connectivity index (χ4n) is 3.12. The molecule has 0 aromatic heterocycles. The van der Waals surface area contributed by atoms with Gasteiger partial charge in [0.25, 0.3) is 5.91 Å². The average Bonchev–Trinajstić information content (AvgIpc) is 3.00. The molecule has 0 saturated carbocycles. The van der Waals surface area contributed by atoms with Crippen LogP contribution in [-0.4, -0.2) is 42.0 Å². The molecule has 8 heteroatoms. The number of methoxy groups -OCH3 is 1. The Morgan fingerprint density at radius 3 is 2.43 bits per heavy atom. The summed E-state index contributed by atoms with van der Waals surface area (Å²) in [5.74, 6) is 0.168. The molecule has 2 aromatic carbocycles. The first-order chi connectivity index (χ1) is 13.4. The molecule has 6 nitrogen and oxygen atoms in total. The number of carbonyl (C=O) groups is 2. The van der Waals surface area contributed by atoms with Crippen molar-refractivity contribution in [3.05, 3.63) is 59.1 Å². The molecule has 3 rings (SSSR count). The van der Waals surface area contributed by atoms with Crippen LogP contribution >= 0.6 is 23.8 Å². The molecule has 2 aromatic rings. The maximum absolute atomic E-state index is 13.1. The Balaban J connectivity index is 1.85. The number of anilines is 1. The topological polar surface area (TPSA) is 61.9 Å². The molecule has 1 aliphatic heterocycles. The molecule has 0 unspecified atom stereocenters. The number of thiocarbonyl (C=S) groups is 1. The second kappa shape index (κ2) is 8.58. The van der Waals surface area contributed by atoms with Crippen molar-refractivity contribution >= 4 is 46.4 Å². The first-order valence-electron chi connectivity index (χ1n) is 8.68. The van der Waals surface area contributed by atoms with Crippen LogP contribution in [0.2, 0.25) is 5.02 Å². The zero-order valence-corrected chi connectivity index (χ0v) is 17.1. The van der Waals surface area contributed by atoms with Gasteiger partial charge in [-0.2, -0.15) is 0 Å². The highest BCUT2D eigenvalue weighted by atomic mass is 35.5. The van der Waals surface area contributed by atoms with Gasteiger partial charge in [0.15, 0.2) is 5.11 Å². The van der Waals surface area contributed by atoms with E-state index in [9.17, 15) is 9.59 Å². The number of benzene rings is 2. The zero-order chi connectivity index (χ0) is 20.3. The third kappa shape index (κ3) is 4.10. The van der Waals surface area contributed by atoms with E-state index in [4.69, 9.17) is 28.6 Å². The van der Waals surface area contributed by atoms with Gasteiger partial charge in [-0.1, -0.05) is 23.7 Å². The monoisotopic (exact) mass is 417 g/mol. The molecule has 0 aliphatic carbocycles. The van der Waals surface area contributed by atoms with Crippen molar-refractivity contribution in [1.82, 2.24) is 10.2 Å². The van der Waals surface area contributed by atoms with Gasteiger partial charge in [-0.05, 0) is 54.2 Å². The summed E-state index contributed by atoms with van der Waals surface area (Å²) in [5.41, 5.74) is 1.45. The summed E-state index contributed by atoms with van der Waals surface area (Å²) in [7, 11) is 3.30. The fraction of sp³-hybridized carbons (Fsp3) is 0.250. The highest BCUT2D eigenvalue weighted by molar-refractivity contribution is 7.80. The summed E-state index contributed by atoms with van der Waals surface area (Å²) in [5, 5.41) is 3.86. The second-order valence-electron chi connectivity index (χ2n) is 6.29. The Kier molecular flexibility index (Phi) is 6.16.